The molecule has 1 aromatic heterocycles. The second-order valence-electron chi connectivity index (χ2n) is 6.23. The minimum Gasteiger partial charge on any atom is -0.497 e. The van der Waals surface area contributed by atoms with Crippen LogP contribution in [0.1, 0.15) is 28.0 Å². The van der Waals surface area contributed by atoms with Crippen LogP contribution in [0, 0.1) is 0 Å². The van der Waals surface area contributed by atoms with E-state index in [-0.39, 0.29) is 11.8 Å². The molecule has 0 fully saturated rings. The zero-order valence-electron chi connectivity index (χ0n) is 15.8. The molecule has 0 saturated heterocycles. The van der Waals surface area contributed by atoms with Gasteiger partial charge in [-0.1, -0.05) is 23.7 Å². The second-order valence-corrected chi connectivity index (χ2v) is 7.53. The summed E-state index contributed by atoms with van der Waals surface area (Å²) in [4.78, 5) is 28.7. The fraction of sp³-hybridized carbons (Fsp3) is 0.190. The Balaban J connectivity index is 1.45. The number of nitrogens with zero attached hydrogens (tertiary/aromatic N) is 1. The average Bonchev–Trinajstić information content (AvgIpc) is 3.18. The molecule has 0 spiro atoms. The molecule has 0 radical (unpaired) electrons. The number of benzene rings is 2. The Labute approximate surface area is 177 Å². The molecular weight excluding hydrogens is 410 g/mol. The number of aryl methyl sites for hydroxylation is 1. The normalized spacial score (nSPS) is 10.4. The number of ether oxygens (including phenoxy) is 1. The molecule has 8 heteroatoms. The summed E-state index contributed by atoms with van der Waals surface area (Å²) in [5, 5.41) is 8.55. The molecular formula is C21H20ClN3O3S. The van der Waals surface area contributed by atoms with Gasteiger partial charge in [0.1, 0.15) is 5.75 Å². The summed E-state index contributed by atoms with van der Waals surface area (Å²) in [6, 6.07) is 14.2. The van der Waals surface area contributed by atoms with E-state index < -0.39 is 0 Å². The van der Waals surface area contributed by atoms with Crippen LogP contribution in [0.5, 0.6) is 5.75 Å². The van der Waals surface area contributed by atoms with Gasteiger partial charge in [0, 0.05) is 28.9 Å². The topological polar surface area (TPSA) is 80.3 Å². The van der Waals surface area contributed by atoms with E-state index in [0.717, 1.165) is 17.0 Å². The van der Waals surface area contributed by atoms with Crippen LogP contribution in [-0.2, 0) is 17.8 Å². The molecule has 3 rings (SSSR count). The standard InChI is InChI=1S/C21H20ClN3O3S/c1-28-18-4-2-3-14(11-18)12-23-19(26)10-9-17-13-29-21(24-17)25-20(27)15-5-7-16(22)8-6-15/h2-8,11,13H,9-10,12H2,1H3,(H,23,26)(H,24,25,27). The number of carbonyl (C=O) groups is 2. The minimum atomic E-state index is -0.251. The van der Waals surface area contributed by atoms with Crippen molar-refractivity contribution in [3.8, 4) is 5.75 Å². The van der Waals surface area contributed by atoms with Gasteiger partial charge in [-0.2, -0.15) is 0 Å². The van der Waals surface area contributed by atoms with Crippen molar-refractivity contribution in [2.24, 2.45) is 0 Å². The summed E-state index contributed by atoms with van der Waals surface area (Å²) in [7, 11) is 1.61. The highest BCUT2D eigenvalue weighted by Crippen LogP contribution is 2.18. The number of nitrogens with one attached hydrogen (secondary N) is 2. The van der Waals surface area contributed by atoms with Crippen molar-refractivity contribution >= 4 is 39.9 Å². The van der Waals surface area contributed by atoms with Crippen LogP contribution < -0.4 is 15.4 Å². The Morgan fingerprint density at radius 1 is 1.17 bits per heavy atom. The minimum absolute atomic E-state index is 0.0624. The Hall–Kier alpha value is -2.90. The van der Waals surface area contributed by atoms with E-state index in [1.165, 1.54) is 11.3 Å². The summed E-state index contributed by atoms with van der Waals surface area (Å²) in [5.41, 5.74) is 2.24. The highest BCUT2D eigenvalue weighted by atomic mass is 35.5. The highest BCUT2D eigenvalue weighted by molar-refractivity contribution is 7.14. The highest BCUT2D eigenvalue weighted by Gasteiger charge is 2.10. The van der Waals surface area contributed by atoms with E-state index in [4.69, 9.17) is 16.3 Å². The molecule has 150 valence electrons. The van der Waals surface area contributed by atoms with E-state index in [2.05, 4.69) is 15.6 Å². The number of aromatic nitrogens is 1. The van der Waals surface area contributed by atoms with Gasteiger partial charge in [-0.3, -0.25) is 14.9 Å². The number of amides is 2. The maximum absolute atomic E-state index is 12.2. The predicted molar refractivity (Wildman–Crippen MR) is 115 cm³/mol. The molecule has 0 aliphatic rings. The fourth-order valence-electron chi connectivity index (χ4n) is 2.56. The number of halogens is 1. The van der Waals surface area contributed by atoms with Crippen molar-refractivity contribution in [3.05, 3.63) is 75.8 Å². The van der Waals surface area contributed by atoms with Crippen molar-refractivity contribution in [3.63, 3.8) is 0 Å². The van der Waals surface area contributed by atoms with Crippen molar-refractivity contribution in [2.45, 2.75) is 19.4 Å². The van der Waals surface area contributed by atoms with Gasteiger partial charge in [-0.25, -0.2) is 4.98 Å². The lowest BCUT2D eigenvalue weighted by Crippen LogP contribution is -2.23. The molecule has 3 aromatic rings. The van der Waals surface area contributed by atoms with E-state index in [9.17, 15) is 9.59 Å². The average molecular weight is 430 g/mol. The van der Waals surface area contributed by atoms with Gasteiger partial charge >= 0.3 is 0 Å². The van der Waals surface area contributed by atoms with Gasteiger partial charge in [0.2, 0.25) is 5.91 Å². The van der Waals surface area contributed by atoms with Crippen LogP contribution in [0.4, 0.5) is 5.13 Å². The van der Waals surface area contributed by atoms with Crippen LogP contribution in [0.15, 0.2) is 53.9 Å². The third-order valence-corrected chi connectivity index (χ3v) is 5.17. The number of thiazole rings is 1. The first-order valence-corrected chi connectivity index (χ1v) is 10.2. The van der Waals surface area contributed by atoms with Gasteiger partial charge in [-0.15, -0.1) is 11.3 Å². The van der Waals surface area contributed by atoms with Gasteiger partial charge in [0.05, 0.1) is 12.8 Å². The maximum Gasteiger partial charge on any atom is 0.257 e. The SMILES string of the molecule is COc1cccc(CNC(=O)CCc2csc(NC(=O)c3ccc(Cl)cc3)n2)c1. The lowest BCUT2D eigenvalue weighted by atomic mass is 10.2. The van der Waals surface area contributed by atoms with Gasteiger partial charge in [0.25, 0.3) is 5.91 Å². The predicted octanol–water partition coefficient (Wildman–Crippen LogP) is 4.31. The van der Waals surface area contributed by atoms with E-state index in [1.807, 2.05) is 29.6 Å². The second kappa shape index (κ2) is 10.0. The fourth-order valence-corrected chi connectivity index (χ4v) is 3.43. The van der Waals surface area contributed by atoms with Gasteiger partial charge < -0.3 is 10.1 Å². The Morgan fingerprint density at radius 2 is 1.97 bits per heavy atom. The van der Waals surface area contributed by atoms with Crippen LogP contribution >= 0.6 is 22.9 Å². The number of rotatable bonds is 8. The lowest BCUT2D eigenvalue weighted by molar-refractivity contribution is -0.121. The zero-order chi connectivity index (χ0) is 20.6. The third kappa shape index (κ3) is 6.30. The van der Waals surface area contributed by atoms with E-state index in [1.54, 1.807) is 31.4 Å². The summed E-state index contributed by atoms with van der Waals surface area (Å²) in [6.45, 7) is 0.440. The molecule has 0 saturated carbocycles. The molecule has 29 heavy (non-hydrogen) atoms. The molecule has 2 amide bonds. The molecule has 2 aromatic carbocycles. The summed E-state index contributed by atoms with van der Waals surface area (Å²) in [5.74, 6) is 0.443. The van der Waals surface area contributed by atoms with Crippen LogP contribution in [0.25, 0.3) is 0 Å². The molecule has 0 atom stereocenters. The number of methoxy groups -OCH3 is 1. The molecule has 6 nitrogen and oxygen atoms in total. The Bertz CT molecular complexity index is 989. The number of hydrogen-bond donors (Lipinski definition) is 2. The third-order valence-electron chi connectivity index (χ3n) is 4.11. The Kier molecular flexibility index (Phi) is 7.21. The van der Waals surface area contributed by atoms with Crippen molar-refractivity contribution < 1.29 is 14.3 Å². The molecule has 0 bridgehead atoms. The molecule has 1 heterocycles. The Morgan fingerprint density at radius 3 is 2.72 bits per heavy atom. The number of hydrogen-bond acceptors (Lipinski definition) is 5. The van der Waals surface area contributed by atoms with E-state index in [0.29, 0.717) is 35.1 Å². The maximum atomic E-state index is 12.2. The molecule has 2 N–H and O–H groups in total. The summed E-state index contributed by atoms with van der Waals surface area (Å²) >= 11 is 7.16. The largest absolute Gasteiger partial charge is 0.497 e. The van der Waals surface area contributed by atoms with Crippen LogP contribution in [0.3, 0.4) is 0 Å². The van der Waals surface area contributed by atoms with Crippen molar-refractivity contribution in [1.29, 1.82) is 0 Å². The molecule has 0 unspecified atom stereocenters. The molecule has 0 aliphatic carbocycles. The van der Waals surface area contributed by atoms with Gasteiger partial charge in [-0.05, 0) is 48.4 Å². The first-order chi connectivity index (χ1) is 14.0. The smallest absolute Gasteiger partial charge is 0.257 e. The van der Waals surface area contributed by atoms with Crippen LogP contribution in [0.2, 0.25) is 5.02 Å². The van der Waals surface area contributed by atoms with Crippen molar-refractivity contribution in [1.82, 2.24) is 10.3 Å². The number of anilines is 1. The van der Waals surface area contributed by atoms with Crippen molar-refractivity contribution in [2.75, 3.05) is 12.4 Å². The lowest BCUT2D eigenvalue weighted by Gasteiger charge is -2.06. The zero-order valence-corrected chi connectivity index (χ0v) is 17.3. The number of carbonyl (C=O) groups excluding carboxylic acids is 2. The quantitative estimate of drug-likeness (QED) is 0.559. The summed E-state index contributed by atoms with van der Waals surface area (Å²) < 4.78 is 5.17. The monoisotopic (exact) mass is 429 g/mol. The van der Waals surface area contributed by atoms with Gasteiger partial charge in [0.15, 0.2) is 5.13 Å². The first kappa shape index (κ1) is 20.8. The summed E-state index contributed by atoms with van der Waals surface area (Å²) in [6.07, 6.45) is 0.815. The first-order valence-electron chi connectivity index (χ1n) is 8.94. The van der Waals surface area contributed by atoms with E-state index >= 15 is 0 Å². The molecule has 0 aliphatic heterocycles. The van der Waals surface area contributed by atoms with Crippen LogP contribution in [-0.4, -0.2) is 23.9 Å².